The molecule has 30 nitrogen and oxygen atoms in total. The molecule has 606 valence electrons. The number of aromatic nitrogens is 12. The quantitative estimate of drug-likeness (QED) is 0.0260. The SMILES string of the molecule is C.C.C.[2H]C([2H])(Cc1nccc(-c2cn(C(C)C)nc2-c2cc(Cl)cc(NS(C)(=O)=O)c2F)n1)C(C)NC(=O)OC.[2H]C([2H])(Cc1nccc(-c2cn(C([2H])(C)C([2H])([2H])[2H])nc2-c2cc(Cl)cc(NS(C)(=O)=O)c2F)n1)C(C)NC(=O)OC.[2H]C([2H])([2H])OC(=O)NC(C)C([2H])([2H])Cc1nccc(-c2cn(C(C)C)nc2-c2cc(Cl)cc(NS(C)(=O)=O)c2F)n1. The molecular formula is C72H96Cl3F3N18O12S3. The second kappa shape index (κ2) is 41.0. The Hall–Kier alpha value is -9.75. The number of aryl methyl sites for hydroxylation is 3. The Bertz CT molecular complexity index is 5690. The maximum Gasteiger partial charge on any atom is 0.407 e. The van der Waals surface area contributed by atoms with Crippen molar-refractivity contribution in [3.05, 3.63) is 142 Å². The molecule has 39 heteroatoms. The third-order valence-corrected chi connectivity index (χ3v) is 16.9. The number of amides is 3. The second-order valence-electron chi connectivity index (χ2n) is 24.1. The number of methoxy groups -OCH3 is 3. The molecule has 0 radical (unpaired) electrons. The molecule has 6 aromatic heterocycles. The maximum absolute atomic E-state index is 15.7. The third kappa shape index (κ3) is 27.3. The lowest BCUT2D eigenvalue weighted by Gasteiger charge is -2.12. The minimum Gasteiger partial charge on any atom is -0.453 e. The van der Waals surface area contributed by atoms with Crippen LogP contribution in [-0.2, 0) is 63.5 Å². The van der Waals surface area contributed by atoms with Crippen LogP contribution in [0.2, 0.25) is 15.1 Å². The highest BCUT2D eigenvalue weighted by Gasteiger charge is 2.28. The number of carbonyl (C=O) groups is 3. The van der Waals surface area contributed by atoms with Crippen LogP contribution in [0.1, 0.15) is 157 Å². The summed E-state index contributed by atoms with van der Waals surface area (Å²) < 4.78 is 244. The molecule has 9 rings (SSSR count). The van der Waals surface area contributed by atoms with Gasteiger partial charge in [0.05, 0.1) is 79.7 Å². The molecule has 0 saturated carbocycles. The van der Waals surface area contributed by atoms with Crippen LogP contribution >= 0.6 is 34.8 Å². The first-order valence-electron chi connectivity index (χ1n) is 38.4. The topological polar surface area (TPSA) is 384 Å². The Morgan fingerprint density at radius 3 is 1.02 bits per heavy atom. The van der Waals surface area contributed by atoms with Crippen molar-refractivity contribution in [2.24, 2.45) is 0 Å². The van der Waals surface area contributed by atoms with Gasteiger partial charge in [0.1, 0.15) is 34.6 Å². The van der Waals surface area contributed by atoms with Gasteiger partial charge in [0, 0.05) is 153 Å². The Morgan fingerprint density at radius 1 is 0.477 bits per heavy atom. The molecule has 0 bridgehead atoms. The number of alkyl carbamates (subject to hydrolysis) is 3. The zero-order valence-corrected chi connectivity index (χ0v) is 64.6. The molecule has 9 aromatic rings. The number of carbonyl (C=O) groups excluding carboxylic acids is 3. The fraction of sp³-hybridized carbons (Fsp3) is 0.417. The van der Waals surface area contributed by atoms with Crippen LogP contribution < -0.4 is 30.1 Å². The Morgan fingerprint density at radius 2 is 0.757 bits per heavy atom. The third-order valence-electron chi connectivity index (χ3n) is 14.5. The van der Waals surface area contributed by atoms with Crippen molar-refractivity contribution in [3.8, 4) is 67.5 Å². The molecule has 0 aliphatic carbocycles. The first kappa shape index (κ1) is 74.0. The number of anilines is 3. The Balaban J connectivity index is 0.000000386. The molecular weight excluding hydrogens is 1570 g/mol. The number of sulfonamides is 3. The minimum absolute atomic E-state index is 0. The summed E-state index contributed by atoms with van der Waals surface area (Å²) in [5, 5.41) is 20.2. The predicted octanol–water partition coefficient (Wildman–Crippen LogP) is 15.2. The summed E-state index contributed by atoms with van der Waals surface area (Å²) in [5.74, 6) is -2.72. The number of nitrogens with one attached hydrogen (secondary N) is 6. The molecule has 0 saturated heterocycles. The highest BCUT2D eigenvalue weighted by Crippen LogP contribution is 2.41. The average Bonchev–Trinajstić information content (AvgIpc) is 1.61. The smallest absolute Gasteiger partial charge is 0.407 e. The zero-order valence-electron chi connectivity index (χ0n) is 72.9. The van der Waals surface area contributed by atoms with Crippen LogP contribution in [0.15, 0.2) is 91.8 Å². The van der Waals surface area contributed by atoms with Gasteiger partial charge in [-0.1, -0.05) is 57.1 Å². The molecule has 3 aromatic carbocycles. The van der Waals surface area contributed by atoms with Crippen LogP contribution in [0.4, 0.5) is 44.6 Å². The molecule has 0 spiro atoms. The van der Waals surface area contributed by atoms with Crippen molar-refractivity contribution in [3.63, 3.8) is 0 Å². The standard InChI is InChI=1S/3C23H28ClFN6O4S.3CH4/c3*1-13(2)31-12-17(18-8-9-26-20(28-18)7-6-14(3)27-23(32)35-4)22(29-31)16-10-15(24)11-19(21(16)25)30-36(5,33)34;;;/h3*8-14,30H,6-7H2,1-5H3,(H,27,32);3*1H4/i1D3,6D2,13D;4D3,6D2;6D2;;;. The van der Waals surface area contributed by atoms with E-state index in [1.807, 2.05) is 32.4 Å². The van der Waals surface area contributed by atoms with E-state index in [1.54, 1.807) is 27.8 Å². The van der Waals surface area contributed by atoms with Crippen LogP contribution in [0, 0.1) is 17.5 Å². The number of hydrogen-bond donors (Lipinski definition) is 6. The van der Waals surface area contributed by atoms with Crippen molar-refractivity contribution in [2.75, 3.05) is 54.2 Å². The van der Waals surface area contributed by atoms with Crippen molar-refractivity contribution in [2.45, 2.75) is 159 Å². The number of halogens is 6. The molecule has 0 fully saturated rings. The summed E-state index contributed by atoms with van der Waals surface area (Å²) in [6.07, 6.45) is 1.09. The van der Waals surface area contributed by atoms with Crippen molar-refractivity contribution in [1.82, 2.24) is 75.2 Å². The van der Waals surface area contributed by atoms with E-state index in [0.29, 0.717) is 16.8 Å². The van der Waals surface area contributed by atoms with Gasteiger partial charge in [0.15, 0.2) is 17.5 Å². The Labute approximate surface area is 679 Å². The van der Waals surface area contributed by atoms with Crippen molar-refractivity contribution in [1.29, 1.82) is 0 Å². The minimum atomic E-state index is -3.92. The normalized spacial score (nSPS) is 15.0. The summed E-state index contributed by atoms with van der Waals surface area (Å²) >= 11 is 18.6. The fourth-order valence-corrected chi connectivity index (χ4v) is 11.9. The van der Waals surface area contributed by atoms with Gasteiger partial charge < -0.3 is 30.2 Å². The number of hydrogen-bond acceptors (Lipinski definition) is 21. The van der Waals surface area contributed by atoms with E-state index in [2.05, 4.69) is 84.8 Å². The molecule has 6 N–H and O–H groups in total. The lowest BCUT2D eigenvalue weighted by molar-refractivity contribution is 0.166. The summed E-state index contributed by atoms with van der Waals surface area (Å²) in [7, 11) is -12.2. The van der Waals surface area contributed by atoms with Gasteiger partial charge in [-0.3, -0.25) is 28.2 Å². The lowest BCUT2D eigenvalue weighted by atomic mass is 10.0. The van der Waals surface area contributed by atoms with Crippen molar-refractivity contribution < 1.29 is 84.8 Å². The van der Waals surface area contributed by atoms with E-state index in [-0.39, 0.29) is 142 Å². The predicted molar refractivity (Wildman–Crippen MR) is 428 cm³/mol. The van der Waals surface area contributed by atoms with E-state index in [4.69, 9.17) is 52.6 Å². The van der Waals surface area contributed by atoms with Gasteiger partial charge >= 0.3 is 18.3 Å². The molecule has 4 atom stereocenters. The fourth-order valence-electron chi connectivity index (χ4n) is 9.59. The molecule has 3 amide bonds. The number of ether oxygens (including phenoxy) is 3. The van der Waals surface area contributed by atoms with Crippen LogP contribution in [0.25, 0.3) is 67.5 Å². The van der Waals surface area contributed by atoms with E-state index < -0.39 is 135 Å². The summed E-state index contributed by atoms with van der Waals surface area (Å²) in [5.41, 5.74) is -0.219. The summed E-state index contributed by atoms with van der Waals surface area (Å²) in [6, 6.07) is 5.87. The molecule has 111 heavy (non-hydrogen) atoms. The largest absolute Gasteiger partial charge is 0.453 e. The summed E-state index contributed by atoms with van der Waals surface area (Å²) in [4.78, 5) is 60.6. The molecule has 0 aliphatic rings. The van der Waals surface area contributed by atoms with Crippen LogP contribution in [-0.4, -0.2) is 161 Å². The van der Waals surface area contributed by atoms with E-state index in [0.717, 1.165) is 61.7 Å². The van der Waals surface area contributed by atoms with Crippen molar-refractivity contribution >= 4 is 100 Å². The number of nitrogens with zero attached hydrogens (tertiary/aromatic N) is 12. The van der Waals surface area contributed by atoms with Gasteiger partial charge in [0.2, 0.25) is 30.1 Å². The molecule has 0 aliphatic heterocycles. The monoisotopic (exact) mass is 1680 g/mol. The van der Waals surface area contributed by atoms with E-state index in [1.165, 1.54) is 76.9 Å². The average molecular weight is 1680 g/mol. The van der Waals surface area contributed by atoms with E-state index in [9.17, 15) is 39.6 Å². The van der Waals surface area contributed by atoms with Gasteiger partial charge in [0.25, 0.3) is 0 Å². The number of rotatable bonds is 27. The lowest BCUT2D eigenvalue weighted by Crippen LogP contribution is -2.32. The van der Waals surface area contributed by atoms with E-state index >= 15 is 13.2 Å². The van der Waals surface area contributed by atoms with Gasteiger partial charge in [-0.2, -0.15) is 15.3 Å². The first-order chi connectivity index (χ1) is 55.5. The number of benzene rings is 3. The molecule has 6 heterocycles. The van der Waals surface area contributed by atoms with Gasteiger partial charge in [-0.25, -0.2) is 82.7 Å². The highest BCUT2D eigenvalue weighted by molar-refractivity contribution is 7.92. The Kier molecular flexibility index (Phi) is 27.3. The second-order valence-corrected chi connectivity index (χ2v) is 30.7. The van der Waals surface area contributed by atoms with Gasteiger partial charge in [-0.05, 0) is 136 Å². The van der Waals surface area contributed by atoms with Crippen LogP contribution in [0.5, 0.6) is 0 Å². The van der Waals surface area contributed by atoms with Gasteiger partial charge in [-0.15, -0.1) is 0 Å². The van der Waals surface area contributed by atoms with Crippen LogP contribution in [0.3, 0.4) is 0 Å². The molecule has 4 unspecified atom stereocenters. The highest BCUT2D eigenvalue weighted by atomic mass is 35.5. The maximum atomic E-state index is 15.7. The summed E-state index contributed by atoms with van der Waals surface area (Å²) in [6.45, 7) is 9.91. The zero-order chi connectivity index (χ0) is 91.2. The first-order valence-corrected chi connectivity index (χ1v) is 38.7.